The number of amides is 1. The van der Waals surface area contributed by atoms with Crippen molar-refractivity contribution in [2.24, 2.45) is 5.84 Å². The number of nitrogens with two attached hydrogens (primary N) is 1. The van der Waals surface area contributed by atoms with Crippen molar-refractivity contribution < 1.29 is 26.3 Å². The van der Waals surface area contributed by atoms with Gasteiger partial charge >= 0.3 is 0 Å². The van der Waals surface area contributed by atoms with E-state index in [0.717, 1.165) is 24.1 Å². The zero-order valence-corrected chi connectivity index (χ0v) is 10.2. The fourth-order valence-corrected chi connectivity index (χ4v) is 1.36. The maximum absolute atomic E-state index is 11.1. The van der Waals surface area contributed by atoms with Crippen molar-refractivity contribution in [1.29, 1.82) is 0 Å². The highest BCUT2D eigenvalue weighted by Crippen LogP contribution is 2.04. The molecule has 80 valence electrons. The average Bonchev–Trinajstić information content (AvgIpc) is 2.14. The van der Waals surface area contributed by atoms with Gasteiger partial charge in [0.25, 0.3) is 5.91 Å². The van der Waals surface area contributed by atoms with E-state index in [-0.39, 0.29) is 22.9 Å². The third-order valence-electron chi connectivity index (χ3n) is 2.65. The molecular formula is C8H20BrN3O. The van der Waals surface area contributed by atoms with E-state index >= 15 is 0 Å². The van der Waals surface area contributed by atoms with Gasteiger partial charge in [0.2, 0.25) is 0 Å². The largest absolute Gasteiger partial charge is 1.00 e. The molecule has 1 amide bonds. The summed E-state index contributed by atoms with van der Waals surface area (Å²) in [4.78, 5) is 11.1. The molecule has 0 atom stereocenters. The number of carbonyl (C=O) groups excluding carboxylic acids is 1. The molecule has 4 nitrogen and oxygen atoms in total. The van der Waals surface area contributed by atoms with Crippen LogP contribution in [-0.4, -0.2) is 36.6 Å². The summed E-state index contributed by atoms with van der Waals surface area (Å²) in [5, 5.41) is 0. The van der Waals surface area contributed by atoms with Gasteiger partial charge in [-0.15, -0.1) is 0 Å². The van der Waals surface area contributed by atoms with Crippen molar-refractivity contribution >= 4 is 5.91 Å². The van der Waals surface area contributed by atoms with Gasteiger partial charge in [-0.25, -0.2) is 5.84 Å². The molecule has 0 spiro atoms. The van der Waals surface area contributed by atoms with Crippen LogP contribution in [0.2, 0.25) is 0 Å². The van der Waals surface area contributed by atoms with Gasteiger partial charge in [0.05, 0.1) is 19.6 Å². The number of hydrogen-bond acceptors (Lipinski definition) is 2. The van der Waals surface area contributed by atoms with E-state index in [2.05, 4.69) is 26.2 Å². The van der Waals surface area contributed by atoms with E-state index in [4.69, 9.17) is 5.84 Å². The lowest BCUT2D eigenvalue weighted by Gasteiger charge is -2.34. The molecule has 0 unspecified atom stereocenters. The SMILES string of the molecule is CC[N+](CC)(CC)CC(=O)NN.[Br-]. The quantitative estimate of drug-likeness (QED) is 0.236. The molecule has 3 N–H and O–H groups in total. The maximum atomic E-state index is 11.1. The van der Waals surface area contributed by atoms with Crippen LogP contribution in [0.25, 0.3) is 0 Å². The van der Waals surface area contributed by atoms with Crippen molar-refractivity contribution in [3.63, 3.8) is 0 Å². The minimum atomic E-state index is -0.0828. The first-order chi connectivity index (χ1) is 5.64. The molecule has 0 saturated carbocycles. The molecule has 0 aliphatic heterocycles. The Balaban J connectivity index is 0. The molecule has 5 heteroatoms. The molecule has 0 aromatic heterocycles. The number of quaternary nitrogens is 1. The molecule has 0 radical (unpaired) electrons. The Bertz CT molecular complexity index is 140. The number of hydrogen-bond donors (Lipinski definition) is 2. The normalized spacial score (nSPS) is 10.5. The van der Waals surface area contributed by atoms with Crippen molar-refractivity contribution in [2.75, 3.05) is 26.2 Å². The zero-order chi connectivity index (χ0) is 9.61. The summed E-state index contributed by atoms with van der Waals surface area (Å²) in [7, 11) is 0. The van der Waals surface area contributed by atoms with E-state index < -0.39 is 0 Å². The zero-order valence-electron chi connectivity index (χ0n) is 8.64. The minimum absolute atomic E-state index is 0. The van der Waals surface area contributed by atoms with Crippen LogP contribution in [0.4, 0.5) is 0 Å². The number of nitrogens with one attached hydrogen (secondary N) is 1. The van der Waals surface area contributed by atoms with E-state index in [1.807, 2.05) is 0 Å². The van der Waals surface area contributed by atoms with Crippen molar-refractivity contribution in [1.82, 2.24) is 5.43 Å². The van der Waals surface area contributed by atoms with Crippen molar-refractivity contribution in [3.8, 4) is 0 Å². The summed E-state index contributed by atoms with van der Waals surface area (Å²) in [6.07, 6.45) is 0. The molecule has 0 aromatic rings. The number of nitrogens with zero attached hydrogens (tertiary/aromatic N) is 1. The third-order valence-corrected chi connectivity index (χ3v) is 2.65. The van der Waals surface area contributed by atoms with Gasteiger partial charge in [0.1, 0.15) is 0 Å². The molecular weight excluding hydrogens is 234 g/mol. The predicted molar refractivity (Wildman–Crippen MR) is 49.1 cm³/mol. The first-order valence-corrected chi connectivity index (χ1v) is 4.48. The smallest absolute Gasteiger partial charge is 0.289 e. The number of rotatable bonds is 5. The van der Waals surface area contributed by atoms with Gasteiger partial charge in [-0.2, -0.15) is 0 Å². The Labute approximate surface area is 90.8 Å². The van der Waals surface area contributed by atoms with Gasteiger partial charge in [0.15, 0.2) is 6.54 Å². The molecule has 0 rings (SSSR count). The van der Waals surface area contributed by atoms with Crippen LogP contribution in [0, 0.1) is 0 Å². The summed E-state index contributed by atoms with van der Waals surface area (Å²) in [6, 6.07) is 0. The summed E-state index contributed by atoms with van der Waals surface area (Å²) in [5.41, 5.74) is 2.17. The second kappa shape index (κ2) is 7.29. The number of carbonyl (C=O) groups is 1. The molecule has 0 bridgehead atoms. The van der Waals surface area contributed by atoms with E-state index in [0.29, 0.717) is 6.54 Å². The van der Waals surface area contributed by atoms with E-state index in [1.165, 1.54) is 0 Å². The van der Waals surface area contributed by atoms with Crippen LogP contribution in [0.5, 0.6) is 0 Å². The standard InChI is InChI=1S/C8H19N3O.BrH/c1-4-11(5-2,6-3)7-8(12)10-9;/h4-7,9H2,1-3H3;1H. The first-order valence-electron chi connectivity index (χ1n) is 4.48. The summed E-state index contributed by atoms with van der Waals surface area (Å²) < 4.78 is 0.809. The molecule has 0 heterocycles. The fraction of sp³-hybridized carbons (Fsp3) is 0.875. The molecule has 0 saturated heterocycles. The van der Waals surface area contributed by atoms with E-state index in [9.17, 15) is 4.79 Å². The lowest BCUT2D eigenvalue weighted by Crippen LogP contribution is -3.00. The van der Waals surface area contributed by atoms with Gasteiger partial charge < -0.3 is 21.5 Å². The number of hydrazine groups is 1. The predicted octanol–water partition coefficient (Wildman–Crippen LogP) is -3.14. The monoisotopic (exact) mass is 253 g/mol. The van der Waals surface area contributed by atoms with Crippen LogP contribution in [0.1, 0.15) is 20.8 Å². The van der Waals surface area contributed by atoms with Crippen LogP contribution in [-0.2, 0) is 4.79 Å². The Morgan fingerprint density at radius 1 is 1.23 bits per heavy atom. The van der Waals surface area contributed by atoms with Crippen LogP contribution in [0.3, 0.4) is 0 Å². The second-order valence-corrected chi connectivity index (χ2v) is 3.02. The highest BCUT2D eigenvalue weighted by Gasteiger charge is 2.23. The van der Waals surface area contributed by atoms with Gasteiger partial charge in [0, 0.05) is 0 Å². The summed E-state index contributed by atoms with van der Waals surface area (Å²) >= 11 is 0. The maximum Gasteiger partial charge on any atom is 0.289 e. The van der Waals surface area contributed by atoms with E-state index in [1.54, 1.807) is 0 Å². The molecule has 0 fully saturated rings. The lowest BCUT2D eigenvalue weighted by atomic mass is 10.3. The Morgan fingerprint density at radius 2 is 1.62 bits per heavy atom. The topological polar surface area (TPSA) is 55.1 Å². The average molecular weight is 254 g/mol. The second-order valence-electron chi connectivity index (χ2n) is 3.02. The first kappa shape index (κ1) is 15.3. The third kappa shape index (κ3) is 4.59. The Kier molecular flexibility index (Phi) is 8.61. The number of halogens is 1. The van der Waals surface area contributed by atoms with Gasteiger partial charge in [-0.3, -0.25) is 10.2 Å². The highest BCUT2D eigenvalue weighted by molar-refractivity contribution is 5.76. The summed E-state index contributed by atoms with van der Waals surface area (Å²) in [6.45, 7) is 9.69. The summed E-state index contributed by atoms with van der Waals surface area (Å²) in [5.74, 6) is 4.95. The highest BCUT2D eigenvalue weighted by atomic mass is 79.9. The lowest BCUT2D eigenvalue weighted by molar-refractivity contribution is -0.915. The molecule has 0 aliphatic rings. The van der Waals surface area contributed by atoms with Gasteiger partial charge in [-0.1, -0.05) is 0 Å². The van der Waals surface area contributed by atoms with Crippen molar-refractivity contribution in [2.45, 2.75) is 20.8 Å². The van der Waals surface area contributed by atoms with Gasteiger partial charge in [-0.05, 0) is 20.8 Å². The Morgan fingerprint density at radius 3 is 1.85 bits per heavy atom. The van der Waals surface area contributed by atoms with Crippen LogP contribution >= 0.6 is 0 Å². The minimum Gasteiger partial charge on any atom is -1.00 e. The van der Waals surface area contributed by atoms with Crippen LogP contribution < -0.4 is 28.2 Å². The Hall–Kier alpha value is -0.130. The molecule has 13 heavy (non-hydrogen) atoms. The molecule has 0 aromatic carbocycles. The molecule has 0 aliphatic carbocycles. The van der Waals surface area contributed by atoms with Crippen LogP contribution in [0.15, 0.2) is 0 Å². The number of likely N-dealkylation sites (N-methyl/N-ethyl adjacent to an activating group) is 1. The fourth-order valence-electron chi connectivity index (χ4n) is 1.36. The van der Waals surface area contributed by atoms with Crippen molar-refractivity contribution in [3.05, 3.63) is 0 Å².